The molecule has 0 amide bonds. The topological polar surface area (TPSA) is 32.7 Å². The van der Waals surface area contributed by atoms with Crippen molar-refractivity contribution in [1.82, 2.24) is 4.90 Å². The first-order valence-electron chi connectivity index (χ1n) is 7.84. The maximum atomic E-state index is 10.3. The molecule has 3 nitrogen and oxygen atoms in total. The molecule has 2 rings (SSSR count). The molecule has 0 aromatic heterocycles. The molecule has 0 aromatic carbocycles. The third-order valence-electron chi connectivity index (χ3n) is 5.22. The zero-order chi connectivity index (χ0) is 14.0. The second-order valence-electron chi connectivity index (χ2n) is 7.66. The molecule has 3 heteroatoms. The number of likely N-dealkylation sites (N-methyl/N-ethyl adjacent to an activating group) is 1. The fraction of sp³-hybridized carbons (Fsp3) is 1.00. The second kappa shape index (κ2) is 6.11. The van der Waals surface area contributed by atoms with E-state index in [1.165, 1.54) is 12.8 Å². The van der Waals surface area contributed by atoms with Crippen molar-refractivity contribution in [3.63, 3.8) is 0 Å². The van der Waals surface area contributed by atoms with Gasteiger partial charge in [0.05, 0.1) is 12.7 Å². The standard InChI is InChI=1S/C16H31NO2/c1-16(2,3)13-5-6-15(18)12(9-13)10-17(4)14-7-8-19-11-14/h12-15,18H,5-11H2,1-4H3. The Kier molecular flexibility index (Phi) is 4.91. The van der Waals surface area contributed by atoms with Crippen LogP contribution in [0.1, 0.15) is 46.5 Å². The van der Waals surface area contributed by atoms with Crippen molar-refractivity contribution >= 4 is 0 Å². The van der Waals surface area contributed by atoms with Crippen molar-refractivity contribution in [1.29, 1.82) is 0 Å². The molecule has 112 valence electrons. The van der Waals surface area contributed by atoms with Crippen LogP contribution in [-0.4, -0.2) is 49.0 Å². The summed E-state index contributed by atoms with van der Waals surface area (Å²) in [7, 11) is 2.19. The van der Waals surface area contributed by atoms with Crippen LogP contribution in [0.4, 0.5) is 0 Å². The first-order valence-corrected chi connectivity index (χ1v) is 7.84. The van der Waals surface area contributed by atoms with Crippen LogP contribution < -0.4 is 0 Å². The van der Waals surface area contributed by atoms with Gasteiger partial charge < -0.3 is 14.7 Å². The number of aliphatic hydroxyl groups is 1. The van der Waals surface area contributed by atoms with Gasteiger partial charge in [0.15, 0.2) is 0 Å². The minimum Gasteiger partial charge on any atom is -0.393 e. The molecule has 1 saturated carbocycles. The molecule has 2 fully saturated rings. The normalized spacial score (nSPS) is 36.9. The predicted molar refractivity (Wildman–Crippen MR) is 78.1 cm³/mol. The summed E-state index contributed by atoms with van der Waals surface area (Å²) in [5.74, 6) is 1.18. The molecule has 1 N–H and O–H groups in total. The van der Waals surface area contributed by atoms with Crippen molar-refractivity contribution in [2.24, 2.45) is 17.3 Å². The largest absolute Gasteiger partial charge is 0.393 e. The number of rotatable bonds is 3. The Labute approximate surface area is 118 Å². The fourth-order valence-corrected chi connectivity index (χ4v) is 3.62. The van der Waals surface area contributed by atoms with Gasteiger partial charge in [-0.3, -0.25) is 0 Å². The van der Waals surface area contributed by atoms with Gasteiger partial charge in [0.2, 0.25) is 0 Å². The maximum Gasteiger partial charge on any atom is 0.0622 e. The fourth-order valence-electron chi connectivity index (χ4n) is 3.62. The van der Waals surface area contributed by atoms with Gasteiger partial charge in [-0.1, -0.05) is 20.8 Å². The lowest BCUT2D eigenvalue weighted by Crippen LogP contribution is -2.43. The molecule has 1 aliphatic carbocycles. The smallest absolute Gasteiger partial charge is 0.0622 e. The molecule has 4 atom stereocenters. The van der Waals surface area contributed by atoms with Gasteiger partial charge in [-0.2, -0.15) is 0 Å². The van der Waals surface area contributed by atoms with E-state index in [1.807, 2.05) is 0 Å². The van der Waals surface area contributed by atoms with Gasteiger partial charge in [0.1, 0.15) is 0 Å². The average molecular weight is 269 g/mol. The SMILES string of the molecule is CN(CC1CC(C(C)(C)C)CCC1O)C1CCOC1. The first-order chi connectivity index (χ1) is 8.88. The number of aliphatic hydroxyl groups excluding tert-OH is 1. The van der Waals surface area contributed by atoms with Crippen LogP contribution in [-0.2, 0) is 4.74 Å². The Morgan fingerprint density at radius 1 is 1.21 bits per heavy atom. The molecule has 0 aromatic rings. The molecule has 0 bridgehead atoms. The van der Waals surface area contributed by atoms with Crippen molar-refractivity contribution in [3.05, 3.63) is 0 Å². The third kappa shape index (κ3) is 3.93. The van der Waals surface area contributed by atoms with E-state index in [4.69, 9.17) is 4.74 Å². The Balaban J connectivity index is 1.89. The summed E-state index contributed by atoms with van der Waals surface area (Å²) in [6, 6.07) is 0.558. The van der Waals surface area contributed by atoms with Crippen LogP contribution in [0.25, 0.3) is 0 Å². The van der Waals surface area contributed by atoms with Crippen LogP contribution in [0.5, 0.6) is 0 Å². The summed E-state index contributed by atoms with van der Waals surface area (Å²) in [5.41, 5.74) is 0.368. The molecule has 0 radical (unpaired) electrons. The number of hydrogen-bond acceptors (Lipinski definition) is 3. The molecule has 4 unspecified atom stereocenters. The van der Waals surface area contributed by atoms with Gasteiger partial charge in [0, 0.05) is 19.2 Å². The summed E-state index contributed by atoms with van der Waals surface area (Å²) in [6.45, 7) is 9.78. The zero-order valence-corrected chi connectivity index (χ0v) is 13.1. The summed E-state index contributed by atoms with van der Waals surface area (Å²) in [4.78, 5) is 2.41. The van der Waals surface area contributed by atoms with Gasteiger partial charge in [-0.05, 0) is 50.0 Å². The van der Waals surface area contributed by atoms with Crippen molar-refractivity contribution in [3.8, 4) is 0 Å². The number of hydrogen-bond donors (Lipinski definition) is 1. The quantitative estimate of drug-likeness (QED) is 0.854. The summed E-state index contributed by atoms with van der Waals surface area (Å²) in [6.07, 6.45) is 4.35. The van der Waals surface area contributed by atoms with Crippen molar-refractivity contribution in [2.75, 3.05) is 26.8 Å². The minimum absolute atomic E-state index is 0.108. The first kappa shape index (κ1) is 15.3. The van der Waals surface area contributed by atoms with Crippen LogP contribution in [0, 0.1) is 17.3 Å². The Morgan fingerprint density at radius 2 is 1.95 bits per heavy atom. The average Bonchev–Trinajstić information content (AvgIpc) is 2.84. The molecule has 2 aliphatic rings. The highest BCUT2D eigenvalue weighted by atomic mass is 16.5. The molecular weight excluding hydrogens is 238 g/mol. The highest BCUT2D eigenvalue weighted by Crippen LogP contribution is 2.40. The van der Waals surface area contributed by atoms with E-state index in [0.29, 0.717) is 17.4 Å². The number of nitrogens with zero attached hydrogens (tertiary/aromatic N) is 1. The van der Waals surface area contributed by atoms with E-state index < -0.39 is 0 Å². The Bertz CT molecular complexity index is 281. The van der Waals surface area contributed by atoms with Gasteiger partial charge >= 0.3 is 0 Å². The zero-order valence-electron chi connectivity index (χ0n) is 13.1. The second-order valence-corrected chi connectivity index (χ2v) is 7.66. The van der Waals surface area contributed by atoms with Gasteiger partial charge in [0.25, 0.3) is 0 Å². The minimum atomic E-state index is -0.108. The monoisotopic (exact) mass is 269 g/mol. The van der Waals surface area contributed by atoms with Gasteiger partial charge in [-0.15, -0.1) is 0 Å². The molecule has 1 saturated heterocycles. The molecule has 19 heavy (non-hydrogen) atoms. The van der Waals surface area contributed by atoms with Crippen LogP contribution in [0.3, 0.4) is 0 Å². The van der Waals surface area contributed by atoms with E-state index in [9.17, 15) is 5.11 Å². The third-order valence-corrected chi connectivity index (χ3v) is 5.22. The molecule has 0 spiro atoms. The highest BCUT2D eigenvalue weighted by Gasteiger charge is 2.36. The predicted octanol–water partition coefficient (Wildman–Crippen LogP) is 2.53. The molecular formula is C16H31NO2. The Morgan fingerprint density at radius 3 is 2.53 bits per heavy atom. The van der Waals surface area contributed by atoms with E-state index in [1.54, 1.807) is 0 Å². The van der Waals surface area contributed by atoms with E-state index in [-0.39, 0.29) is 6.10 Å². The van der Waals surface area contributed by atoms with E-state index in [2.05, 4.69) is 32.7 Å². The summed E-state index contributed by atoms with van der Waals surface area (Å²) in [5, 5.41) is 10.3. The van der Waals surface area contributed by atoms with E-state index >= 15 is 0 Å². The lowest BCUT2D eigenvalue weighted by atomic mass is 9.68. The van der Waals surface area contributed by atoms with Crippen LogP contribution in [0.15, 0.2) is 0 Å². The summed E-state index contributed by atoms with van der Waals surface area (Å²) >= 11 is 0. The molecule has 1 heterocycles. The lowest BCUT2D eigenvalue weighted by Gasteiger charge is -2.42. The maximum absolute atomic E-state index is 10.3. The van der Waals surface area contributed by atoms with E-state index in [0.717, 1.165) is 38.5 Å². The van der Waals surface area contributed by atoms with Crippen molar-refractivity contribution < 1.29 is 9.84 Å². The Hall–Kier alpha value is -0.120. The highest BCUT2D eigenvalue weighted by molar-refractivity contribution is 4.87. The lowest BCUT2D eigenvalue weighted by molar-refractivity contribution is 0.000671. The van der Waals surface area contributed by atoms with Crippen LogP contribution >= 0.6 is 0 Å². The summed E-state index contributed by atoms with van der Waals surface area (Å²) < 4.78 is 5.47. The van der Waals surface area contributed by atoms with Gasteiger partial charge in [-0.25, -0.2) is 0 Å². The molecule has 1 aliphatic heterocycles. The van der Waals surface area contributed by atoms with Crippen LogP contribution in [0.2, 0.25) is 0 Å². The number of ether oxygens (including phenoxy) is 1. The van der Waals surface area contributed by atoms with Crippen molar-refractivity contribution in [2.45, 2.75) is 58.6 Å².